The van der Waals surface area contributed by atoms with E-state index in [4.69, 9.17) is 0 Å². The Balaban J connectivity index is 2.46. The molecule has 0 heterocycles. The van der Waals surface area contributed by atoms with Crippen LogP contribution in [-0.2, 0) is 0 Å². The van der Waals surface area contributed by atoms with Gasteiger partial charge in [0.25, 0.3) is 0 Å². The van der Waals surface area contributed by atoms with E-state index in [1.165, 1.54) is 0 Å². The molecule has 0 radical (unpaired) electrons. The molecule has 1 N–H and O–H groups in total. The Morgan fingerprint density at radius 2 is 2.00 bits per heavy atom. The van der Waals surface area contributed by atoms with E-state index >= 15 is 0 Å². The number of aliphatic hydroxyl groups is 1. The van der Waals surface area contributed by atoms with E-state index in [9.17, 15) is 9.50 Å². The molecule has 0 saturated heterocycles. The van der Waals surface area contributed by atoms with Crippen molar-refractivity contribution in [1.82, 2.24) is 0 Å². The fourth-order valence-corrected chi connectivity index (χ4v) is 1.77. The summed E-state index contributed by atoms with van der Waals surface area (Å²) in [6.45, 7) is 3.55. The number of alkyl halides is 1. The van der Waals surface area contributed by atoms with E-state index in [-0.39, 0.29) is 5.92 Å². The maximum atomic E-state index is 12.9. The Bertz CT molecular complexity index is 128. The minimum absolute atomic E-state index is 0.159. The molecule has 0 unspecified atom stereocenters. The van der Waals surface area contributed by atoms with Gasteiger partial charge in [-0.1, -0.05) is 6.42 Å². The molecule has 0 aromatic carbocycles. The van der Waals surface area contributed by atoms with Crippen LogP contribution in [0.25, 0.3) is 0 Å². The molecule has 2 heteroatoms. The average Bonchev–Trinajstić information content (AvgIpc) is 1.86. The van der Waals surface area contributed by atoms with Gasteiger partial charge < -0.3 is 5.11 Å². The third-order valence-corrected chi connectivity index (χ3v) is 2.61. The Hall–Kier alpha value is -0.110. The van der Waals surface area contributed by atoms with Gasteiger partial charge in [-0.2, -0.15) is 0 Å². The third-order valence-electron chi connectivity index (χ3n) is 2.61. The van der Waals surface area contributed by atoms with Crippen molar-refractivity contribution in [1.29, 1.82) is 0 Å². The standard InChI is InChI=1S/C9H17FO/c1-9(2,11)7-4-3-5-8(10)6-7/h7-8,11H,3-6H2,1-2H3/t7-,8-/m0/s1. The summed E-state index contributed by atoms with van der Waals surface area (Å²) in [7, 11) is 0. The fraction of sp³-hybridized carbons (Fsp3) is 1.00. The number of rotatable bonds is 1. The molecule has 0 spiro atoms. The highest BCUT2D eigenvalue weighted by Gasteiger charge is 2.31. The second kappa shape index (κ2) is 3.10. The molecule has 1 fully saturated rings. The molecule has 1 saturated carbocycles. The summed E-state index contributed by atoms with van der Waals surface area (Å²) in [5, 5.41) is 9.59. The maximum absolute atomic E-state index is 12.9. The quantitative estimate of drug-likeness (QED) is 0.624. The second-order valence-corrected chi connectivity index (χ2v) is 4.11. The molecule has 66 valence electrons. The summed E-state index contributed by atoms with van der Waals surface area (Å²) in [5.41, 5.74) is -0.690. The van der Waals surface area contributed by atoms with E-state index in [0.717, 1.165) is 12.8 Å². The predicted molar refractivity (Wildman–Crippen MR) is 43.2 cm³/mol. The van der Waals surface area contributed by atoms with Gasteiger partial charge in [0.2, 0.25) is 0 Å². The summed E-state index contributed by atoms with van der Waals surface area (Å²) in [5.74, 6) is 0.159. The van der Waals surface area contributed by atoms with Gasteiger partial charge in [0.15, 0.2) is 0 Å². The van der Waals surface area contributed by atoms with Gasteiger partial charge in [0.05, 0.1) is 5.60 Å². The van der Waals surface area contributed by atoms with Gasteiger partial charge in [-0.15, -0.1) is 0 Å². The summed E-state index contributed by atoms with van der Waals surface area (Å²) in [6.07, 6.45) is 2.45. The Morgan fingerprint density at radius 1 is 1.36 bits per heavy atom. The highest BCUT2D eigenvalue weighted by Crippen LogP contribution is 2.33. The van der Waals surface area contributed by atoms with Gasteiger partial charge >= 0.3 is 0 Å². The lowest BCUT2D eigenvalue weighted by atomic mass is 9.78. The first-order valence-corrected chi connectivity index (χ1v) is 4.36. The highest BCUT2D eigenvalue weighted by molar-refractivity contribution is 4.83. The van der Waals surface area contributed by atoms with Crippen molar-refractivity contribution >= 4 is 0 Å². The molecular weight excluding hydrogens is 143 g/mol. The molecule has 0 aliphatic heterocycles. The van der Waals surface area contributed by atoms with E-state index in [1.807, 2.05) is 0 Å². The Labute approximate surface area is 67.6 Å². The SMILES string of the molecule is CC(C)(O)[C@H]1CCC[C@H](F)C1. The second-order valence-electron chi connectivity index (χ2n) is 4.11. The van der Waals surface area contributed by atoms with Crippen molar-refractivity contribution in [2.24, 2.45) is 5.92 Å². The maximum Gasteiger partial charge on any atom is 0.100 e. The smallest absolute Gasteiger partial charge is 0.100 e. The lowest BCUT2D eigenvalue weighted by Gasteiger charge is -2.33. The van der Waals surface area contributed by atoms with Crippen molar-refractivity contribution < 1.29 is 9.50 Å². The fourth-order valence-electron chi connectivity index (χ4n) is 1.77. The first-order valence-electron chi connectivity index (χ1n) is 4.36. The first kappa shape index (κ1) is 8.98. The van der Waals surface area contributed by atoms with Crippen molar-refractivity contribution in [3.05, 3.63) is 0 Å². The van der Waals surface area contributed by atoms with Crippen LogP contribution in [0.3, 0.4) is 0 Å². The molecule has 0 aromatic rings. The minimum Gasteiger partial charge on any atom is -0.390 e. The van der Waals surface area contributed by atoms with E-state index < -0.39 is 11.8 Å². The zero-order chi connectivity index (χ0) is 8.48. The minimum atomic E-state index is -0.690. The molecule has 1 aliphatic carbocycles. The van der Waals surface area contributed by atoms with Crippen LogP contribution in [0.15, 0.2) is 0 Å². The van der Waals surface area contributed by atoms with Gasteiger partial charge in [0, 0.05) is 0 Å². The zero-order valence-corrected chi connectivity index (χ0v) is 7.31. The monoisotopic (exact) mass is 160 g/mol. The van der Waals surface area contributed by atoms with Crippen molar-refractivity contribution in [2.45, 2.75) is 51.3 Å². The largest absolute Gasteiger partial charge is 0.390 e. The number of halogens is 1. The van der Waals surface area contributed by atoms with E-state index in [1.54, 1.807) is 13.8 Å². The van der Waals surface area contributed by atoms with Crippen molar-refractivity contribution in [3.8, 4) is 0 Å². The molecule has 0 amide bonds. The van der Waals surface area contributed by atoms with Crippen molar-refractivity contribution in [3.63, 3.8) is 0 Å². The van der Waals surface area contributed by atoms with E-state index in [0.29, 0.717) is 12.8 Å². The molecule has 11 heavy (non-hydrogen) atoms. The number of hydrogen-bond acceptors (Lipinski definition) is 1. The lowest BCUT2D eigenvalue weighted by molar-refractivity contribution is -0.0139. The average molecular weight is 160 g/mol. The molecule has 1 nitrogen and oxygen atoms in total. The summed E-state index contributed by atoms with van der Waals surface area (Å²) in [6, 6.07) is 0. The summed E-state index contributed by atoms with van der Waals surface area (Å²) < 4.78 is 12.9. The van der Waals surface area contributed by atoms with Gasteiger partial charge in [0.1, 0.15) is 6.17 Å². The van der Waals surface area contributed by atoms with Crippen LogP contribution in [0.1, 0.15) is 39.5 Å². The van der Waals surface area contributed by atoms with Crippen LogP contribution in [0.4, 0.5) is 4.39 Å². The normalized spacial score (nSPS) is 33.8. The zero-order valence-electron chi connectivity index (χ0n) is 7.31. The van der Waals surface area contributed by atoms with Crippen LogP contribution in [0.5, 0.6) is 0 Å². The van der Waals surface area contributed by atoms with Gasteiger partial charge in [-0.05, 0) is 39.0 Å². The van der Waals surface area contributed by atoms with Gasteiger partial charge in [-0.3, -0.25) is 0 Å². The van der Waals surface area contributed by atoms with Crippen LogP contribution >= 0.6 is 0 Å². The van der Waals surface area contributed by atoms with E-state index in [2.05, 4.69) is 0 Å². The Morgan fingerprint density at radius 3 is 2.36 bits per heavy atom. The van der Waals surface area contributed by atoms with Crippen LogP contribution < -0.4 is 0 Å². The lowest BCUT2D eigenvalue weighted by Crippen LogP contribution is -2.35. The topological polar surface area (TPSA) is 20.2 Å². The highest BCUT2D eigenvalue weighted by atomic mass is 19.1. The molecule has 0 bridgehead atoms. The third kappa shape index (κ3) is 2.44. The van der Waals surface area contributed by atoms with Crippen LogP contribution in [0.2, 0.25) is 0 Å². The molecular formula is C9H17FO. The first-order chi connectivity index (χ1) is 5.00. The summed E-state index contributed by atoms with van der Waals surface area (Å²) in [4.78, 5) is 0. The van der Waals surface area contributed by atoms with Gasteiger partial charge in [-0.25, -0.2) is 4.39 Å². The summed E-state index contributed by atoms with van der Waals surface area (Å²) >= 11 is 0. The van der Waals surface area contributed by atoms with Crippen LogP contribution in [-0.4, -0.2) is 16.9 Å². The molecule has 0 aromatic heterocycles. The number of hydrogen-bond donors (Lipinski definition) is 1. The molecule has 1 rings (SSSR count). The molecule has 2 atom stereocenters. The van der Waals surface area contributed by atoms with Crippen molar-refractivity contribution in [2.75, 3.05) is 0 Å². The van der Waals surface area contributed by atoms with Crippen LogP contribution in [0, 0.1) is 5.92 Å². The predicted octanol–water partition coefficient (Wildman–Crippen LogP) is 2.29. The molecule has 1 aliphatic rings. The Kier molecular flexibility index (Phi) is 2.53.